The number of ether oxygens (including phenoxy) is 1. The molecular formula is C15H15N3O3. The first kappa shape index (κ1) is 13.4. The number of esters is 1. The average molecular weight is 285 g/mol. The second-order valence-corrected chi connectivity index (χ2v) is 4.91. The molecule has 108 valence electrons. The predicted octanol–water partition coefficient (Wildman–Crippen LogP) is 1.94. The third kappa shape index (κ3) is 2.52. The number of nitrogens with one attached hydrogen (secondary N) is 2. The molecule has 0 unspecified atom stereocenters. The Morgan fingerprint density at radius 1 is 1.24 bits per heavy atom. The summed E-state index contributed by atoms with van der Waals surface area (Å²) in [6.07, 6.45) is 2.89. The normalized spacial score (nSPS) is 12.8. The van der Waals surface area contributed by atoms with Crippen LogP contribution in [0.15, 0.2) is 24.3 Å². The highest BCUT2D eigenvalue weighted by molar-refractivity contribution is 6.04. The molecule has 2 N–H and O–H groups in total. The fourth-order valence-electron chi connectivity index (χ4n) is 2.50. The second-order valence-electron chi connectivity index (χ2n) is 4.91. The van der Waals surface area contributed by atoms with Crippen LogP contribution in [-0.4, -0.2) is 29.2 Å². The van der Waals surface area contributed by atoms with Crippen LogP contribution in [0.5, 0.6) is 0 Å². The first-order valence-electron chi connectivity index (χ1n) is 6.75. The van der Waals surface area contributed by atoms with E-state index in [1.54, 1.807) is 24.3 Å². The summed E-state index contributed by atoms with van der Waals surface area (Å²) in [5.74, 6) is -0.641. The summed E-state index contributed by atoms with van der Waals surface area (Å²) in [6, 6.07) is 6.54. The van der Waals surface area contributed by atoms with Crippen molar-refractivity contribution in [1.82, 2.24) is 10.2 Å². The molecule has 2 aromatic rings. The molecule has 0 atom stereocenters. The van der Waals surface area contributed by atoms with Gasteiger partial charge in [0.15, 0.2) is 5.69 Å². The standard InChI is InChI=1S/C15H15N3O3/c1-21-15(20)9-5-7-10(8-6-9)16-14(19)13-11-3-2-4-12(11)17-18-13/h5-8H,2-4H2,1H3,(H,16,19)(H,17,18). The van der Waals surface area contributed by atoms with Gasteiger partial charge >= 0.3 is 5.97 Å². The lowest BCUT2D eigenvalue weighted by molar-refractivity contribution is 0.0600. The van der Waals surface area contributed by atoms with Crippen LogP contribution in [-0.2, 0) is 17.6 Å². The number of aromatic nitrogens is 2. The zero-order valence-corrected chi connectivity index (χ0v) is 11.6. The highest BCUT2D eigenvalue weighted by atomic mass is 16.5. The first-order chi connectivity index (χ1) is 10.2. The Morgan fingerprint density at radius 2 is 2.00 bits per heavy atom. The van der Waals surface area contributed by atoms with Gasteiger partial charge in [-0.25, -0.2) is 4.79 Å². The number of H-pyrrole nitrogens is 1. The van der Waals surface area contributed by atoms with E-state index in [-0.39, 0.29) is 5.91 Å². The molecular weight excluding hydrogens is 270 g/mol. The summed E-state index contributed by atoms with van der Waals surface area (Å²) < 4.78 is 4.63. The molecule has 1 aromatic heterocycles. The van der Waals surface area contributed by atoms with Crippen LogP contribution in [0.25, 0.3) is 0 Å². The predicted molar refractivity (Wildman–Crippen MR) is 76.3 cm³/mol. The van der Waals surface area contributed by atoms with Crippen LogP contribution < -0.4 is 5.32 Å². The zero-order valence-electron chi connectivity index (χ0n) is 11.6. The number of aromatic amines is 1. The fraction of sp³-hybridized carbons (Fsp3) is 0.267. The average Bonchev–Trinajstić information content (AvgIpc) is 3.09. The number of nitrogens with zero attached hydrogens (tertiary/aromatic N) is 1. The Morgan fingerprint density at radius 3 is 2.71 bits per heavy atom. The van der Waals surface area contributed by atoms with Crippen molar-refractivity contribution in [2.75, 3.05) is 12.4 Å². The lowest BCUT2D eigenvalue weighted by Gasteiger charge is -2.05. The van der Waals surface area contributed by atoms with Gasteiger partial charge in [0.1, 0.15) is 0 Å². The van der Waals surface area contributed by atoms with Gasteiger partial charge in [-0.3, -0.25) is 9.89 Å². The molecule has 21 heavy (non-hydrogen) atoms. The van der Waals surface area contributed by atoms with E-state index in [0.717, 1.165) is 30.5 Å². The number of carbonyl (C=O) groups excluding carboxylic acids is 2. The molecule has 0 spiro atoms. The molecule has 0 saturated heterocycles. The van der Waals surface area contributed by atoms with Crippen LogP contribution in [0, 0.1) is 0 Å². The van der Waals surface area contributed by atoms with Crippen LogP contribution in [0.3, 0.4) is 0 Å². The van der Waals surface area contributed by atoms with Crippen molar-refractivity contribution in [2.45, 2.75) is 19.3 Å². The maximum atomic E-state index is 12.2. The summed E-state index contributed by atoms with van der Waals surface area (Å²) in [5, 5.41) is 9.78. The summed E-state index contributed by atoms with van der Waals surface area (Å²) in [6.45, 7) is 0. The summed E-state index contributed by atoms with van der Waals surface area (Å²) in [7, 11) is 1.33. The van der Waals surface area contributed by atoms with Crippen molar-refractivity contribution in [1.29, 1.82) is 0 Å². The number of amides is 1. The van der Waals surface area contributed by atoms with Gasteiger partial charge in [0.05, 0.1) is 12.7 Å². The third-order valence-corrected chi connectivity index (χ3v) is 3.59. The summed E-state index contributed by atoms with van der Waals surface area (Å²) >= 11 is 0. The van der Waals surface area contributed by atoms with Crippen molar-refractivity contribution >= 4 is 17.6 Å². The van der Waals surface area contributed by atoms with E-state index in [1.165, 1.54) is 7.11 Å². The van der Waals surface area contributed by atoms with Gasteiger partial charge < -0.3 is 10.1 Å². The Kier molecular flexibility index (Phi) is 3.43. The Hall–Kier alpha value is -2.63. The molecule has 1 aromatic carbocycles. The molecule has 1 heterocycles. The topological polar surface area (TPSA) is 84.1 Å². The molecule has 6 nitrogen and oxygen atoms in total. The molecule has 0 bridgehead atoms. The highest BCUT2D eigenvalue weighted by Crippen LogP contribution is 2.23. The van der Waals surface area contributed by atoms with Crippen LogP contribution in [0.4, 0.5) is 5.69 Å². The molecule has 1 amide bonds. The van der Waals surface area contributed by atoms with E-state index in [4.69, 9.17) is 0 Å². The van der Waals surface area contributed by atoms with E-state index in [1.807, 2.05) is 0 Å². The second kappa shape index (κ2) is 5.40. The number of fused-ring (bicyclic) bond motifs is 1. The molecule has 1 aliphatic carbocycles. The number of carbonyl (C=O) groups is 2. The van der Waals surface area contributed by atoms with Crippen LogP contribution in [0.1, 0.15) is 38.5 Å². The molecule has 1 aliphatic rings. The lowest BCUT2D eigenvalue weighted by Crippen LogP contribution is -2.14. The number of anilines is 1. The molecule has 0 aliphatic heterocycles. The molecule has 3 rings (SSSR count). The summed E-state index contributed by atoms with van der Waals surface area (Å²) in [5.41, 5.74) is 3.58. The minimum Gasteiger partial charge on any atom is -0.465 e. The van der Waals surface area contributed by atoms with E-state index < -0.39 is 5.97 Å². The van der Waals surface area contributed by atoms with Crippen molar-refractivity contribution in [3.63, 3.8) is 0 Å². The lowest BCUT2D eigenvalue weighted by atomic mass is 10.1. The van der Waals surface area contributed by atoms with E-state index in [0.29, 0.717) is 16.9 Å². The van der Waals surface area contributed by atoms with Crippen molar-refractivity contribution in [3.05, 3.63) is 46.8 Å². The number of aryl methyl sites for hydroxylation is 1. The molecule has 0 saturated carbocycles. The number of benzene rings is 1. The van der Waals surface area contributed by atoms with Gasteiger partial charge in [-0.15, -0.1) is 0 Å². The monoisotopic (exact) mass is 285 g/mol. The number of hydrogen-bond donors (Lipinski definition) is 2. The van der Waals surface area contributed by atoms with Crippen molar-refractivity contribution < 1.29 is 14.3 Å². The number of rotatable bonds is 3. The van der Waals surface area contributed by atoms with Gasteiger partial charge in [-0.2, -0.15) is 5.10 Å². The maximum absolute atomic E-state index is 12.2. The smallest absolute Gasteiger partial charge is 0.337 e. The highest BCUT2D eigenvalue weighted by Gasteiger charge is 2.23. The van der Waals surface area contributed by atoms with Gasteiger partial charge in [-0.1, -0.05) is 0 Å². The van der Waals surface area contributed by atoms with E-state index in [2.05, 4.69) is 20.3 Å². The molecule has 0 radical (unpaired) electrons. The fourth-order valence-corrected chi connectivity index (χ4v) is 2.50. The quantitative estimate of drug-likeness (QED) is 0.844. The zero-order chi connectivity index (χ0) is 14.8. The largest absolute Gasteiger partial charge is 0.465 e. The summed E-state index contributed by atoms with van der Waals surface area (Å²) in [4.78, 5) is 23.6. The van der Waals surface area contributed by atoms with E-state index >= 15 is 0 Å². The minimum absolute atomic E-state index is 0.236. The van der Waals surface area contributed by atoms with Crippen molar-refractivity contribution in [3.8, 4) is 0 Å². The molecule has 6 heteroatoms. The number of methoxy groups -OCH3 is 1. The van der Waals surface area contributed by atoms with Gasteiger partial charge in [0, 0.05) is 16.9 Å². The van der Waals surface area contributed by atoms with Gasteiger partial charge in [0.25, 0.3) is 5.91 Å². The third-order valence-electron chi connectivity index (χ3n) is 3.59. The first-order valence-corrected chi connectivity index (χ1v) is 6.75. The van der Waals surface area contributed by atoms with Gasteiger partial charge in [-0.05, 0) is 43.5 Å². The Balaban J connectivity index is 1.74. The van der Waals surface area contributed by atoms with Crippen molar-refractivity contribution in [2.24, 2.45) is 0 Å². The Bertz CT molecular complexity index is 689. The van der Waals surface area contributed by atoms with Crippen LogP contribution >= 0.6 is 0 Å². The van der Waals surface area contributed by atoms with Gasteiger partial charge in [0.2, 0.25) is 0 Å². The number of hydrogen-bond acceptors (Lipinski definition) is 4. The van der Waals surface area contributed by atoms with E-state index in [9.17, 15) is 9.59 Å². The Labute approximate surface area is 121 Å². The molecule has 0 fully saturated rings. The van der Waals surface area contributed by atoms with Crippen LogP contribution in [0.2, 0.25) is 0 Å². The maximum Gasteiger partial charge on any atom is 0.337 e. The minimum atomic E-state index is -0.405. The SMILES string of the molecule is COC(=O)c1ccc(NC(=O)c2n[nH]c3c2CCC3)cc1.